The van der Waals surface area contributed by atoms with Gasteiger partial charge in [0.2, 0.25) is 0 Å². The molecule has 0 spiro atoms. The van der Waals surface area contributed by atoms with Gasteiger partial charge in [-0.2, -0.15) is 0 Å². The molecule has 0 aliphatic carbocycles. The molecule has 0 bridgehead atoms. The number of aliphatic hydroxyl groups is 1. The number of carbonyl (C=O) groups excluding carboxylic acids is 1. The molecule has 1 aromatic rings. The summed E-state index contributed by atoms with van der Waals surface area (Å²) >= 11 is 0. The van der Waals surface area contributed by atoms with Crippen molar-refractivity contribution >= 4 is 11.6 Å². The van der Waals surface area contributed by atoms with E-state index < -0.39 is 0 Å². The van der Waals surface area contributed by atoms with Crippen LogP contribution in [-0.4, -0.2) is 54.7 Å². The molecule has 0 unspecified atom stereocenters. The van der Waals surface area contributed by atoms with Gasteiger partial charge in [-0.3, -0.25) is 4.79 Å². The molecule has 0 aromatic heterocycles. The summed E-state index contributed by atoms with van der Waals surface area (Å²) in [6.45, 7) is 8.20. The first-order valence-electron chi connectivity index (χ1n) is 8.56. The number of aliphatic hydroxyl groups excluding tert-OH is 1. The lowest BCUT2D eigenvalue weighted by atomic mass is 10.0. The van der Waals surface area contributed by atoms with Crippen molar-refractivity contribution in [2.24, 2.45) is 5.92 Å². The van der Waals surface area contributed by atoms with Crippen LogP contribution >= 0.6 is 0 Å². The molecule has 1 aliphatic heterocycles. The molecule has 1 aliphatic rings. The van der Waals surface area contributed by atoms with Gasteiger partial charge in [0.05, 0.1) is 6.61 Å². The second kappa shape index (κ2) is 8.89. The Bertz CT molecular complexity index is 497. The van der Waals surface area contributed by atoms with E-state index in [1.165, 1.54) is 6.54 Å². The van der Waals surface area contributed by atoms with Crippen LogP contribution in [0.4, 0.5) is 5.69 Å². The van der Waals surface area contributed by atoms with Gasteiger partial charge < -0.3 is 20.6 Å². The minimum Gasteiger partial charge on any atom is -0.395 e. The fraction of sp³-hybridized carbons (Fsp3) is 0.611. The maximum atomic E-state index is 11.9. The lowest BCUT2D eigenvalue weighted by Crippen LogP contribution is -2.40. The Morgan fingerprint density at radius 2 is 2.09 bits per heavy atom. The van der Waals surface area contributed by atoms with Gasteiger partial charge in [0.25, 0.3) is 5.91 Å². The number of nitrogens with zero attached hydrogens (tertiary/aromatic N) is 1. The molecular formula is C18H29N3O2. The SMILES string of the molecule is CC(C)CN1CCC(Nc2cccc(C(=O)NCCO)c2)CC1. The maximum Gasteiger partial charge on any atom is 0.251 e. The second-order valence-electron chi connectivity index (χ2n) is 6.67. The average molecular weight is 319 g/mol. The topological polar surface area (TPSA) is 64.6 Å². The third kappa shape index (κ3) is 5.84. The Morgan fingerprint density at radius 3 is 2.74 bits per heavy atom. The Balaban J connectivity index is 1.85. The van der Waals surface area contributed by atoms with E-state index in [4.69, 9.17) is 5.11 Å². The van der Waals surface area contributed by atoms with Gasteiger partial charge in [0.1, 0.15) is 0 Å². The van der Waals surface area contributed by atoms with E-state index in [0.29, 0.717) is 17.5 Å². The summed E-state index contributed by atoms with van der Waals surface area (Å²) in [5.41, 5.74) is 1.62. The number of amides is 1. The first kappa shape index (κ1) is 17.8. The molecule has 1 heterocycles. The van der Waals surface area contributed by atoms with E-state index in [-0.39, 0.29) is 19.1 Å². The molecule has 0 atom stereocenters. The van der Waals surface area contributed by atoms with Gasteiger partial charge in [-0.25, -0.2) is 0 Å². The predicted molar refractivity (Wildman–Crippen MR) is 93.8 cm³/mol. The summed E-state index contributed by atoms with van der Waals surface area (Å²) in [6.07, 6.45) is 2.27. The molecule has 5 nitrogen and oxygen atoms in total. The molecule has 5 heteroatoms. The monoisotopic (exact) mass is 319 g/mol. The summed E-state index contributed by atoms with van der Waals surface area (Å²) in [4.78, 5) is 14.5. The first-order valence-corrected chi connectivity index (χ1v) is 8.56. The fourth-order valence-corrected chi connectivity index (χ4v) is 3.03. The van der Waals surface area contributed by atoms with Crippen LogP contribution in [0.3, 0.4) is 0 Å². The number of rotatable bonds is 7. The molecule has 1 amide bonds. The quantitative estimate of drug-likeness (QED) is 0.719. The van der Waals surface area contributed by atoms with Crippen LogP contribution in [0.25, 0.3) is 0 Å². The van der Waals surface area contributed by atoms with Crippen molar-refractivity contribution in [3.8, 4) is 0 Å². The molecule has 128 valence electrons. The summed E-state index contributed by atoms with van der Waals surface area (Å²) in [7, 11) is 0. The lowest BCUT2D eigenvalue weighted by molar-refractivity contribution is 0.0945. The number of piperidine rings is 1. The van der Waals surface area contributed by atoms with Crippen LogP contribution < -0.4 is 10.6 Å². The van der Waals surface area contributed by atoms with Crippen molar-refractivity contribution < 1.29 is 9.90 Å². The third-order valence-corrected chi connectivity index (χ3v) is 4.10. The number of nitrogens with one attached hydrogen (secondary N) is 2. The van der Waals surface area contributed by atoms with E-state index in [9.17, 15) is 4.79 Å². The predicted octanol–water partition coefficient (Wildman–Crippen LogP) is 1.94. The number of likely N-dealkylation sites (tertiary alicyclic amines) is 1. The Kier molecular flexibility index (Phi) is 6.86. The van der Waals surface area contributed by atoms with Crippen molar-refractivity contribution in [2.75, 3.05) is 38.1 Å². The highest BCUT2D eigenvalue weighted by Crippen LogP contribution is 2.18. The van der Waals surface area contributed by atoms with Crippen molar-refractivity contribution in [2.45, 2.75) is 32.7 Å². The van der Waals surface area contributed by atoms with E-state index in [1.54, 1.807) is 6.07 Å². The van der Waals surface area contributed by atoms with Gasteiger partial charge in [-0.05, 0) is 37.0 Å². The zero-order chi connectivity index (χ0) is 16.7. The minimum atomic E-state index is -0.144. The number of hydrogen-bond acceptors (Lipinski definition) is 4. The molecule has 2 rings (SSSR count). The number of benzene rings is 1. The van der Waals surface area contributed by atoms with Crippen molar-refractivity contribution in [3.05, 3.63) is 29.8 Å². The third-order valence-electron chi connectivity index (χ3n) is 4.10. The van der Waals surface area contributed by atoms with Gasteiger partial charge >= 0.3 is 0 Å². The highest BCUT2D eigenvalue weighted by atomic mass is 16.3. The van der Waals surface area contributed by atoms with E-state index in [1.807, 2.05) is 18.2 Å². The van der Waals surface area contributed by atoms with Crippen LogP contribution in [0.5, 0.6) is 0 Å². The van der Waals surface area contributed by atoms with Gasteiger partial charge in [-0.1, -0.05) is 19.9 Å². The highest BCUT2D eigenvalue weighted by Gasteiger charge is 2.19. The molecule has 3 N–H and O–H groups in total. The van der Waals surface area contributed by atoms with E-state index in [0.717, 1.165) is 31.6 Å². The second-order valence-corrected chi connectivity index (χ2v) is 6.67. The minimum absolute atomic E-state index is 0.0430. The highest BCUT2D eigenvalue weighted by molar-refractivity contribution is 5.95. The molecule has 1 aromatic carbocycles. The summed E-state index contributed by atoms with van der Waals surface area (Å²) < 4.78 is 0. The molecule has 1 saturated heterocycles. The van der Waals surface area contributed by atoms with Gasteiger partial charge in [0, 0.05) is 43.5 Å². The fourth-order valence-electron chi connectivity index (χ4n) is 3.03. The smallest absolute Gasteiger partial charge is 0.251 e. The van der Waals surface area contributed by atoms with E-state index in [2.05, 4.69) is 29.4 Å². The van der Waals surface area contributed by atoms with Crippen LogP contribution in [-0.2, 0) is 0 Å². The molecule has 0 saturated carbocycles. The molecule has 1 fully saturated rings. The van der Waals surface area contributed by atoms with E-state index >= 15 is 0 Å². The van der Waals surface area contributed by atoms with Crippen LogP contribution in [0.2, 0.25) is 0 Å². The Hall–Kier alpha value is -1.59. The van der Waals surface area contributed by atoms with Crippen molar-refractivity contribution in [1.29, 1.82) is 0 Å². The summed E-state index contributed by atoms with van der Waals surface area (Å²) in [6, 6.07) is 8.04. The van der Waals surface area contributed by atoms with Gasteiger partial charge in [0.15, 0.2) is 0 Å². The largest absolute Gasteiger partial charge is 0.395 e. The zero-order valence-electron chi connectivity index (χ0n) is 14.2. The van der Waals surface area contributed by atoms with Crippen LogP contribution in [0.15, 0.2) is 24.3 Å². The van der Waals surface area contributed by atoms with Gasteiger partial charge in [-0.15, -0.1) is 0 Å². The standard InChI is InChI=1S/C18H29N3O2/c1-14(2)13-21-9-6-16(7-10-21)20-17-5-3-4-15(12-17)18(23)19-8-11-22/h3-5,12,14,16,20,22H,6-11,13H2,1-2H3,(H,19,23). The molecule has 0 radical (unpaired) electrons. The number of carbonyl (C=O) groups is 1. The first-order chi connectivity index (χ1) is 11.1. The number of anilines is 1. The zero-order valence-corrected chi connectivity index (χ0v) is 14.2. The van der Waals surface area contributed by atoms with Crippen LogP contribution in [0.1, 0.15) is 37.0 Å². The normalized spacial score (nSPS) is 16.5. The Labute approximate surface area is 139 Å². The lowest BCUT2D eigenvalue weighted by Gasteiger charge is -2.33. The van der Waals surface area contributed by atoms with Crippen molar-refractivity contribution in [1.82, 2.24) is 10.2 Å². The molecular weight excluding hydrogens is 290 g/mol. The number of hydrogen-bond donors (Lipinski definition) is 3. The van der Waals surface area contributed by atoms with Crippen LogP contribution in [0, 0.1) is 5.92 Å². The summed E-state index contributed by atoms with van der Waals surface area (Å²) in [5, 5.41) is 15.0. The summed E-state index contributed by atoms with van der Waals surface area (Å²) in [5.74, 6) is 0.572. The Morgan fingerprint density at radius 1 is 1.35 bits per heavy atom. The maximum absolute atomic E-state index is 11.9. The average Bonchev–Trinajstić information content (AvgIpc) is 2.54. The van der Waals surface area contributed by atoms with Crippen molar-refractivity contribution in [3.63, 3.8) is 0 Å². The molecule has 23 heavy (non-hydrogen) atoms.